The molecule has 0 bridgehead atoms. The van der Waals surface area contributed by atoms with Crippen molar-refractivity contribution in [1.29, 1.82) is 0 Å². The summed E-state index contributed by atoms with van der Waals surface area (Å²) in [4.78, 5) is 0. The van der Waals surface area contributed by atoms with Gasteiger partial charge in [-0.3, -0.25) is 0 Å². The van der Waals surface area contributed by atoms with Crippen molar-refractivity contribution in [3.63, 3.8) is 0 Å². The van der Waals surface area contributed by atoms with Gasteiger partial charge in [-0.15, -0.1) is 0 Å². The molecule has 3 nitrogen and oxygen atoms in total. The molecule has 0 saturated carbocycles. The Morgan fingerprint density at radius 1 is 1.28 bits per heavy atom. The molecule has 0 aliphatic carbocycles. The van der Waals surface area contributed by atoms with E-state index in [1.165, 1.54) is 0 Å². The Morgan fingerprint density at radius 3 is 2.83 bits per heavy atom. The fraction of sp³-hybridized carbons (Fsp3) is 0.385. The second-order valence-corrected chi connectivity index (χ2v) is 3.30. The zero-order valence-corrected chi connectivity index (χ0v) is 9.73. The van der Waals surface area contributed by atoms with Crippen molar-refractivity contribution < 1.29 is 23.4 Å². The molecule has 1 rings (SSSR count). The van der Waals surface area contributed by atoms with Crippen molar-refractivity contribution in [3.8, 4) is 17.6 Å². The predicted molar refractivity (Wildman–Crippen MR) is 62.7 cm³/mol. The highest BCUT2D eigenvalue weighted by Crippen LogP contribution is 2.12. The van der Waals surface area contributed by atoms with E-state index in [1.54, 1.807) is 24.3 Å². The molecule has 1 N–H and O–H groups in total. The van der Waals surface area contributed by atoms with Crippen molar-refractivity contribution >= 4 is 0 Å². The highest BCUT2D eigenvalue weighted by Gasteiger charge is 2.01. The van der Waals surface area contributed by atoms with Crippen LogP contribution in [0.3, 0.4) is 0 Å². The molecule has 1 aromatic carbocycles. The molecule has 0 saturated heterocycles. The van der Waals surface area contributed by atoms with E-state index >= 15 is 0 Å². The molecule has 0 aliphatic rings. The third kappa shape index (κ3) is 6.18. The lowest BCUT2D eigenvalue weighted by Gasteiger charge is -2.07. The smallest absolute Gasteiger partial charge is 0.261 e. The summed E-state index contributed by atoms with van der Waals surface area (Å²) in [7, 11) is 0. The molecule has 0 heterocycles. The van der Waals surface area contributed by atoms with Gasteiger partial charge >= 0.3 is 0 Å². The van der Waals surface area contributed by atoms with E-state index in [4.69, 9.17) is 9.84 Å². The predicted octanol–water partition coefficient (Wildman–Crippen LogP) is 1.69. The lowest BCUT2D eigenvalue weighted by Crippen LogP contribution is -2.11. The van der Waals surface area contributed by atoms with Crippen LogP contribution in [0.1, 0.15) is 5.56 Å². The number of aliphatic hydroxyl groups excluding tert-OH is 1. The molecule has 0 aliphatic heterocycles. The first-order chi connectivity index (χ1) is 8.72. The van der Waals surface area contributed by atoms with E-state index in [0.29, 0.717) is 5.75 Å². The van der Waals surface area contributed by atoms with Crippen LogP contribution in [0.15, 0.2) is 24.3 Å². The summed E-state index contributed by atoms with van der Waals surface area (Å²) in [5.74, 6) is 5.85. The Balaban J connectivity index is 2.34. The van der Waals surface area contributed by atoms with E-state index in [9.17, 15) is 8.78 Å². The Kier molecular flexibility index (Phi) is 6.77. The number of hydrogen-bond donors (Lipinski definition) is 1. The third-order valence-electron chi connectivity index (χ3n) is 1.89. The number of halogens is 2. The summed E-state index contributed by atoms with van der Waals surface area (Å²) < 4.78 is 33.5. The normalized spacial score (nSPS) is 10.0. The maximum absolute atomic E-state index is 11.8. The molecule has 18 heavy (non-hydrogen) atoms. The van der Waals surface area contributed by atoms with Gasteiger partial charge in [0.25, 0.3) is 6.43 Å². The largest absolute Gasteiger partial charge is 0.491 e. The molecule has 0 fully saturated rings. The summed E-state index contributed by atoms with van der Waals surface area (Å²) in [5, 5.41) is 8.56. The highest BCUT2D eigenvalue weighted by atomic mass is 19.3. The number of aliphatic hydroxyl groups is 1. The standard InChI is InChI=1S/C13H14F2O3/c14-13(15)10-17-7-8-18-12-5-1-3-11(9-12)4-2-6-16/h1,3,5,9,13,16H,6-8,10H2. The van der Waals surface area contributed by atoms with Gasteiger partial charge in [-0.25, -0.2) is 8.78 Å². The lowest BCUT2D eigenvalue weighted by atomic mass is 10.2. The van der Waals surface area contributed by atoms with Crippen LogP contribution in [0, 0.1) is 11.8 Å². The van der Waals surface area contributed by atoms with Crippen LogP contribution >= 0.6 is 0 Å². The lowest BCUT2D eigenvalue weighted by molar-refractivity contribution is 0.00763. The number of hydrogen-bond acceptors (Lipinski definition) is 3. The number of benzene rings is 1. The van der Waals surface area contributed by atoms with Gasteiger partial charge in [-0.1, -0.05) is 17.9 Å². The van der Waals surface area contributed by atoms with Crippen LogP contribution in [0.25, 0.3) is 0 Å². The van der Waals surface area contributed by atoms with Crippen molar-refractivity contribution in [2.75, 3.05) is 26.4 Å². The summed E-state index contributed by atoms with van der Waals surface area (Å²) in [5.41, 5.74) is 0.718. The van der Waals surface area contributed by atoms with Crippen molar-refractivity contribution in [3.05, 3.63) is 29.8 Å². The SMILES string of the molecule is OCC#Cc1cccc(OCCOCC(F)F)c1. The minimum absolute atomic E-state index is 0.108. The van der Waals surface area contributed by atoms with E-state index in [1.807, 2.05) is 0 Å². The van der Waals surface area contributed by atoms with Gasteiger partial charge in [0.2, 0.25) is 0 Å². The second-order valence-electron chi connectivity index (χ2n) is 3.30. The van der Waals surface area contributed by atoms with Crippen LogP contribution in [0.2, 0.25) is 0 Å². The maximum atomic E-state index is 11.8. The fourth-order valence-corrected chi connectivity index (χ4v) is 1.20. The Labute approximate surface area is 104 Å². The van der Waals surface area contributed by atoms with Gasteiger partial charge in [-0.2, -0.15) is 0 Å². The average molecular weight is 256 g/mol. The first-order valence-corrected chi connectivity index (χ1v) is 5.41. The molecule has 0 radical (unpaired) electrons. The van der Waals surface area contributed by atoms with E-state index in [2.05, 4.69) is 16.6 Å². The molecular formula is C13H14F2O3. The number of alkyl halides is 2. The Bertz CT molecular complexity index is 410. The summed E-state index contributed by atoms with van der Waals surface area (Å²) in [6.45, 7) is -0.474. The third-order valence-corrected chi connectivity index (χ3v) is 1.89. The molecule has 0 spiro atoms. The summed E-state index contributed by atoms with van der Waals surface area (Å²) in [6.07, 6.45) is -2.46. The maximum Gasteiger partial charge on any atom is 0.261 e. The second kappa shape index (κ2) is 8.45. The van der Waals surface area contributed by atoms with Gasteiger partial charge in [0, 0.05) is 5.56 Å². The quantitative estimate of drug-likeness (QED) is 0.622. The fourth-order valence-electron chi connectivity index (χ4n) is 1.20. The van der Waals surface area contributed by atoms with Crippen LogP contribution in [-0.4, -0.2) is 38.0 Å². The molecule has 5 heteroatoms. The Morgan fingerprint density at radius 2 is 2.11 bits per heavy atom. The zero-order chi connectivity index (χ0) is 13.2. The van der Waals surface area contributed by atoms with Gasteiger partial charge in [0.1, 0.15) is 25.6 Å². The molecule has 0 unspecified atom stereocenters. The molecule has 1 aromatic rings. The van der Waals surface area contributed by atoms with Gasteiger partial charge in [-0.05, 0) is 18.2 Å². The minimum Gasteiger partial charge on any atom is -0.491 e. The van der Waals surface area contributed by atoms with Crippen molar-refractivity contribution in [2.45, 2.75) is 6.43 Å². The van der Waals surface area contributed by atoms with Crippen LogP contribution in [0.4, 0.5) is 8.78 Å². The van der Waals surface area contributed by atoms with Gasteiger partial charge in [0.15, 0.2) is 0 Å². The van der Waals surface area contributed by atoms with E-state index in [0.717, 1.165) is 5.56 Å². The molecule has 0 atom stereocenters. The average Bonchev–Trinajstić information content (AvgIpc) is 2.36. The molecule has 0 amide bonds. The van der Waals surface area contributed by atoms with Gasteiger partial charge in [0.05, 0.1) is 6.61 Å². The van der Waals surface area contributed by atoms with Crippen LogP contribution < -0.4 is 4.74 Å². The van der Waals surface area contributed by atoms with Crippen LogP contribution in [-0.2, 0) is 4.74 Å². The number of rotatable bonds is 6. The van der Waals surface area contributed by atoms with Crippen molar-refractivity contribution in [1.82, 2.24) is 0 Å². The van der Waals surface area contributed by atoms with Crippen LogP contribution in [0.5, 0.6) is 5.75 Å². The zero-order valence-electron chi connectivity index (χ0n) is 9.73. The molecular weight excluding hydrogens is 242 g/mol. The summed E-state index contributed by atoms with van der Waals surface area (Å²) >= 11 is 0. The number of ether oxygens (including phenoxy) is 2. The topological polar surface area (TPSA) is 38.7 Å². The first-order valence-electron chi connectivity index (χ1n) is 5.41. The Hall–Kier alpha value is -1.64. The van der Waals surface area contributed by atoms with Gasteiger partial charge < -0.3 is 14.6 Å². The molecule has 0 aromatic heterocycles. The molecule has 98 valence electrons. The van der Waals surface area contributed by atoms with E-state index in [-0.39, 0.29) is 19.8 Å². The highest BCUT2D eigenvalue weighted by molar-refractivity contribution is 5.39. The van der Waals surface area contributed by atoms with Crippen molar-refractivity contribution in [2.24, 2.45) is 0 Å². The first kappa shape index (κ1) is 14.4. The minimum atomic E-state index is -2.46. The van der Waals surface area contributed by atoms with E-state index < -0.39 is 13.0 Å². The summed E-state index contributed by atoms with van der Waals surface area (Å²) in [6, 6.07) is 6.98. The monoisotopic (exact) mass is 256 g/mol.